The van der Waals surface area contributed by atoms with Crippen LogP contribution in [0.25, 0.3) is 0 Å². The highest BCUT2D eigenvalue weighted by Crippen LogP contribution is 2.19. The lowest BCUT2D eigenvalue weighted by Crippen LogP contribution is -2.48. The average molecular weight is 260 g/mol. The Morgan fingerprint density at radius 3 is 2.84 bits per heavy atom. The van der Waals surface area contributed by atoms with E-state index in [-0.39, 0.29) is 18.0 Å². The molecule has 0 saturated carbocycles. The highest BCUT2D eigenvalue weighted by molar-refractivity contribution is 5.79. The average Bonchev–Trinajstić information content (AvgIpc) is 2.33. The summed E-state index contributed by atoms with van der Waals surface area (Å²) in [6, 6.07) is 6.81. The minimum atomic E-state index is 0.230. The molecule has 1 fully saturated rings. The van der Waals surface area contributed by atoms with Crippen molar-refractivity contribution in [2.75, 3.05) is 6.54 Å². The molecule has 0 aliphatic carbocycles. The van der Waals surface area contributed by atoms with Crippen molar-refractivity contribution in [2.45, 2.75) is 52.1 Å². The Kier molecular flexibility index (Phi) is 4.25. The Hall–Kier alpha value is -1.35. The van der Waals surface area contributed by atoms with Gasteiger partial charge < -0.3 is 10.6 Å². The number of amides is 1. The second-order valence-electron chi connectivity index (χ2n) is 5.83. The zero-order valence-corrected chi connectivity index (χ0v) is 12.1. The van der Waals surface area contributed by atoms with E-state index in [4.69, 9.17) is 5.73 Å². The third-order valence-corrected chi connectivity index (χ3v) is 4.08. The van der Waals surface area contributed by atoms with E-state index in [0.29, 0.717) is 6.42 Å². The molecule has 3 nitrogen and oxygen atoms in total. The van der Waals surface area contributed by atoms with Crippen LogP contribution in [0.15, 0.2) is 18.2 Å². The number of aryl methyl sites for hydroxylation is 2. The van der Waals surface area contributed by atoms with Crippen LogP contribution in [0, 0.1) is 13.8 Å². The largest absolute Gasteiger partial charge is 0.340 e. The maximum Gasteiger partial charge on any atom is 0.227 e. The maximum atomic E-state index is 12.4. The molecule has 0 spiro atoms. The first-order chi connectivity index (χ1) is 8.97. The molecule has 2 atom stereocenters. The third-order valence-electron chi connectivity index (χ3n) is 4.08. The topological polar surface area (TPSA) is 46.3 Å². The second kappa shape index (κ2) is 5.74. The molecule has 1 heterocycles. The van der Waals surface area contributed by atoms with E-state index in [9.17, 15) is 4.79 Å². The normalized spacial score (nSPS) is 23.5. The summed E-state index contributed by atoms with van der Waals surface area (Å²) in [5.74, 6) is 0.230. The molecule has 0 bridgehead atoms. The number of nitrogens with two attached hydrogens (primary N) is 1. The minimum absolute atomic E-state index is 0.230. The van der Waals surface area contributed by atoms with Crippen molar-refractivity contribution >= 4 is 5.91 Å². The summed E-state index contributed by atoms with van der Waals surface area (Å²) in [7, 11) is 0. The fourth-order valence-electron chi connectivity index (χ4n) is 2.83. The first kappa shape index (κ1) is 14.1. The second-order valence-corrected chi connectivity index (χ2v) is 5.83. The number of benzene rings is 1. The summed E-state index contributed by atoms with van der Waals surface area (Å²) in [5, 5.41) is 0. The fraction of sp³-hybridized carbons (Fsp3) is 0.562. The fourth-order valence-corrected chi connectivity index (χ4v) is 2.83. The van der Waals surface area contributed by atoms with Gasteiger partial charge in [-0.1, -0.05) is 23.8 Å². The van der Waals surface area contributed by atoms with Crippen molar-refractivity contribution in [1.29, 1.82) is 0 Å². The molecule has 0 aromatic heterocycles. The van der Waals surface area contributed by atoms with Crippen molar-refractivity contribution in [2.24, 2.45) is 5.73 Å². The Bertz CT molecular complexity index is 470. The van der Waals surface area contributed by atoms with Crippen LogP contribution in [-0.2, 0) is 11.2 Å². The Morgan fingerprint density at radius 2 is 2.16 bits per heavy atom. The van der Waals surface area contributed by atoms with Crippen LogP contribution in [-0.4, -0.2) is 29.4 Å². The molecular formula is C16H24N2O. The van der Waals surface area contributed by atoms with E-state index in [1.165, 1.54) is 11.1 Å². The zero-order chi connectivity index (χ0) is 14.0. The van der Waals surface area contributed by atoms with Crippen molar-refractivity contribution in [3.8, 4) is 0 Å². The van der Waals surface area contributed by atoms with Crippen LogP contribution < -0.4 is 5.73 Å². The molecule has 19 heavy (non-hydrogen) atoms. The number of piperidine rings is 1. The van der Waals surface area contributed by atoms with Crippen molar-refractivity contribution in [1.82, 2.24) is 4.90 Å². The Labute approximate surface area is 115 Å². The summed E-state index contributed by atoms with van der Waals surface area (Å²) in [5.41, 5.74) is 9.50. The molecule has 3 heteroatoms. The van der Waals surface area contributed by atoms with E-state index >= 15 is 0 Å². The van der Waals surface area contributed by atoms with Gasteiger partial charge in [0.2, 0.25) is 5.91 Å². The van der Waals surface area contributed by atoms with E-state index in [0.717, 1.165) is 24.9 Å². The summed E-state index contributed by atoms with van der Waals surface area (Å²) >= 11 is 0. The predicted molar refractivity (Wildman–Crippen MR) is 78.0 cm³/mol. The van der Waals surface area contributed by atoms with E-state index in [2.05, 4.69) is 39.0 Å². The molecule has 1 saturated heterocycles. The summed E-state index contributed by atoms with van der Waals surface area (Å²) < 4.78 is 0. The summed E-state index contributed by atoms with van der Waals surface area (Å²) in [6.07, 6.45) is 2.34. The highest BCUT2D eigenvalue weighted by Gasteiger charge is 2.26. The molecule has 2 unspecified atom stereocenters. The monoisotopic (exact) mass is 260 g/mol. The molecular weight excluding hydrogens is 236 g/mol. The van der Waals surface area contributed by atoms with Crippen LogP contribution in [0.4, 0.5) is 0 Å². The number of hydrogen-bond donors (Lipinski definition) is 1. The molecule has 1 amide bonds. The Morgan fingerprint density at radius 1 is 1.42 bits per heavy atom. The Balaban J connectivity index is 2.06. The molecule has 2 rings (SSSR count). The van der Waals surface area contributed by atoms with Crippen LogP contribution in [0.2, 0.25) is 0 Å². The van der Waals surface area contributed by atoms with Crippen LogP contribution >= 0.6 is 0 Å². The van der Waals surface area contributed by atoms with Gasteiger partial charge in [0.15, 0.2) is 0 Å². The first-order valence-electron chi connectivity index (χ1n) is 7.08. The molecule has 1 aliphatic rings. The smallest absolute Gasteiger partial charge is 0.227 e. The van der Waals surface area contributed by atoms with Gasteiger partial charge in [-0.05, 0) is 44.7 Å². The zero-order valence-electron chi connectivity index (χ0n) is 12.1. The highest BCUT2D eigenvalue weighted by atomic mass is 16.2. The van der Waals surface area contributed by atoms with Crippen molar-refractivity contribution in [3.63, 3.8) is 0 Å². The quantitative estimate of drug-likeness (QED) is 0.886. The summed E-state index contributed by atoms with van der Waals surface area (Å²) in [4.78, 5) is 14.4. The molecule has 2 N–H and O–H groups in total. The van der Waals surface area contributed by atoms with Gasteiger partial charge in [0.25, 0.3) is 0 Å². The van der Waals surface area contributed by atoms with Crippen molar-refractivity contribution in [3.05, 3.63) is 34.9 Å². The van der Waals surface area contributed by atoms with Gasteiger partial charge in [0.1, 0.15) is 0 Å². The number of carbonyl (C=O) groups is 1. The molecule has 1 aliphatic heterocycles. The number of carbonyl (C=O) groups excluding carboxylic acids is 1. The molecule has 1 aromatic rings. The summed E-state index contributed by atoms with van der Waals surface area (Å²) in [6.45, 7) is 7.03. The van der Waals surface area contributed by atoms with Crippen LogP contribution in [0.5, 0.6) is 0 Å². The number of nitrogens with zero attached hydrogens (tertiary/aromatic N) is 1. The number of likely N-dealkylation sites (tertiary alicyclic amines) is 1. The van der Waals surface area contributed by atoms with Gasteiger partial charge in [0.05, 0.1) is 6.42 Å². The van der Waals surface area contributed by atoms with Gasteiger partial charge >= 0.3 is 0 Å². The lowest BCUT2D eigenvalue weighted by atomic mass is 9.97. The first-order valence-corrected chi connectivity index (χ1v) is 7.08. The van der Waals surface area contributed by atoms with Crippen LogP contribution in [0.3, 0.4) is 0 Å². The van der Waals surface area contributed by atoms with Gasteiger partial charge in [0, 0.05) is 18.6 Å². The molecule has 104 valence electrons. The van der Waals surface area contributed by atoms with Crippen LogP contribution in [0.1, 0.15) is 36.5 Å². The van der Waals surface area contributed by atoms with Gasteiger partial charge in [-0.2, -0.15) is 0 Å². The number of rotatable bonds is 2. The van der Waals surface area contributed by atoms with Gasteiger partial charge in [-0.25, -0.2) is 0 Å². The lowest BCUT2D eigenvalue weighted by Gasteiger charge is -2.36. The lowest BCUT2D eigenvalue weighted by molar-refractivity contribution is -0.133. The predicted octanol–water partition coefficient (Wildman–Crippen LogP) is 2.18. The van der Waals surface area contributed by atoms with Gasteiger partial charge in [-0.3, -0.25) is 4.79 Å². The standard InChI is InChI=1S/C16H24N2O/c1-11-4-5-12(2)14(8-11)10-16(19)18-7-6-15(17)9-13(18)3/h4-5,8,13,15H,6-7,9-10,17H2,1-3H3. The van der Waals surface area contributed by atoms with E-state index in [1.54, 1.807) is 0 Å². The minimum Gasteiger partial charge on any atom is -0.340 e. The number of hydrogen-bond acceptors (Lipinski definition) is 2. The third kappa shape index (κ3) is 3.35. The SMILES string of the molecule is Cc1ccc(C)c(CC(=O)N2CCC(N)CC2C)c1. The van der Waals surface area contributed by atoms with E-state index < -0.39 is 0 Å². The molecule has 0 radical (unpaired) electrons. The van der Waals surface area contributed by atoms with Crippen molar-refractivity contribution < 1.29 is 4.79 Å². The van der Waals surface area contributed by atoms with E-state index in [1.807, 2.05) is 4.90 Å². The molecule has 1 aromatic carbocycles. The maximum absolute atomic E-state index is 12.4. The van der Waals surface area contributed by atoms with Gasteiger partial charge in [-0.15, -0.1) is 0 Å².